The summed E-state index contributed by atoms with van der Waals surface area (Å²) in [7, 11) is 0. The second kappa shape index (κ2) is 6.88. The molecule has 0 aliphatic heterocycles. The molecule has 0 fully saturated rings. The average Bonchev–Trinajstić information content (AvgIpc) is 2.37. The van der Waals surface area contributed by atoms with E-state index >= 15 is 0 Å². The van der Waals surface area contributed by atoms with Crippen molar-refractivity contribution in [2.45, 2.75) is 59.8 Å². The molecule has 0 aromatic heterocycles. The average molecular weight is 260 g/mol. The lowest BCUT2D eigenvalue weighted by Crippen LogP contribution is -2.30. The van der Waals surface area contributed by atoms with E-state index in [4.69, 9.17) is 0 Å². The van der Waals surface area contributed by atoms with E-state index in [9.17, 15) is 4.79 Å². The van der Waals surface area contributed by atoms with Crippen molar-refractivity contribution in [3.05, 3.63) is 36.0 Å². The van der Waals surface area contributed by atoms with Crippen molar-refractivity contribution < 1.29 is 4.79 Å². The van der Waals surface area contributed by atoms with E-state index in [1.807, 2.05) is 0 Å². The fraction of sp³-hybridized carbons (Fsp3) is 0.611. The van der Waals surface area contributed by atoms with E-state index in [0.717, 1.165) is 12.8 Å². The zero-order valence-corrected chi connectivity index (χ0v) is 13.0. The Morgan fingerprint density at radius 3 is 2.74 bits per heavy atom. The van der Waals surface area contributed by atoms with E-state index in [0.29, 0.717) is 12.3 Å². The van der Waals surface area contributed by atoms with Crippen LogP contribution in [0.1, 0.15) is 59.8 Å². The smallest absolute Gasteiger partial charge is 0.159 e. The van der Waals surface area contributed by atoms with Crippen molar-refractivity contribution in [1.82, 2.24) is 0 Å². The SMILES string of the molecule is C=CC(=O)CC1=C(C)CCC(/C=C\CCC)C1(C)C. The van der Waals surface area contributed by atoms with E-state index in [1.54, 1.807) is 0 Å². The third-order valence-electron chi connectivity index (χ3n) is 4.45. The van der Waals surface area contributed by atoms with Gasteiger partial charge >= 0.3 is 0 Å². The van der Waals surface area contributed by atoms with Gasteiger partial charge in [-0.2, -0.15) is 0 Å². The normalized spacial score (nSPS) is 22.8. The number of allylic oxidation sites excluding steroid dienone is 5. The molecule has 0 saturated heterocycles. The van der Waals surface area contributed by atoms with Crippen LogP contribution in [-0.4, -0.2) is 5.78 Å². The highest BCUT2D eigenvalue weighted by Crippen LogP contribution is 2.46. The third kappa shape index (κ3) is 3.92. The van der Waals surface area contributed by atoms with Crippen molar-refractivity contribution in [2.24, 2.45) is 11.3 Å². The molecular formula is C18H28O. The quantitative estimate of drug-likeness (QED) is 0.471. The molecule has 1 nitrogen and oxygen atoms in total. The molecule has 1 aliphatic rings. The number of carbonyl (C=O) groups excluding carboxylic acids is 1. The summed E-state index contributed by atoms with van der Waals surface area (Å²) in [5.41, 5.74) is 2.82. The number of carbonyl (C=O) groups is 1. The van der Waals surface area contributed by atoms with E-state index < -0.39 is 0 Å². The molecule has 0 amide bonds. The zero-order valence-electron chi connectivity index (χ0n) is 13.0. The Kier molecular flexibility index (Phi) is 5.78. The Morgan fingerprint density at radius 2 is 2.16 bits per heavy atom. The Bertz CT molecular complexity index is 396. The fourth-order valence-electron chi connectivity index (χ4n) is 3.05. The number of ketones is 1. The van der Waals surface area contributed by atoms with Gasteiger partial charge in [0.25, 0.3) is 0 Å². The predicted octanol–water partition coefficient (Wildman–Crippen LogP) is 5.24. The second-order valence-corrected chi connectivity index (χ2v) is 6.19. The fourth-order valence-corrected chi connectivity index (χ4v) is 3.05. The van der Waals surface area contributed by atoms with Gasteiger partial charge in [-0.1, -0.05) is 57.1 Å². The lowest BCUT2D eigenvalue weighted by molar-refractivity contribution is -0.114. The van der Waals surface area contributed by atoms with Crippen molar-refractivity contribution in [1.29, 1.82) is 0 Å². The summed E-state index contributed by atoms with van der Waals surface area (Å²) in [6.45, 7) is 12.5. The summed E-state index contributed by atoms with van der Waals surface area (Å²) in [5, 5.41) is 0. The molecule has 19 heavy (non-hydrogen) atoms. The van der Waals surface area contributed by atoms with Crippen LogP contribution < -0.4 is 0 Å². The molecule has 0 bridgehead atoms. The number of unbranched alkanes of at least 4 members (excludes halogenated alkanes) is 1. The molecule has 0 spiro atoms. The molecule has 0 saturated carbocycles. The van der Waals surface area contributed by atoms with Crippen molar-refractivity contribution in [3.8, 4) is 0 Å². The second-order valence-electron chi connectivity index (χ2n) is 6.19. The van der Waals surface area contributed by atoms with Gasteiger partial charge in [-0.05, 0) is 43.6 Å². The van der Waals surface area contributed by atoms with Gasteiger partial charge in [0, 0.05) is 6.42 Å². The molecule has 1 unspecified atom stereocenters. The molecule has 1 rings (SSSR count). The van der Waals surface area contributed by atoms with Gasteiger partial charge in [0.15, 0.2) is 5.78 Å². The molecule has 0 aromatic rings. The van der Waals surface area contributed by atoms with Crippen LogP contribution in [-0.2, 0) is 4.79 Å². The highest BCUT2D eigenvalue weighted by Gasteiger charge is 2.36. The van der Waals surface area contributed by atoms with Gasteiger partial charge in [0.1, 0.15) is 0 Å². The minimum Gasteiger partial charge on any atom is -0.295 e. The van der Waals surface area contributed by atoms with Crippen LogP contribution in [0.2, 0.25) is 0 Å². The van der Waals surface area contributed by atoms with E-state index in [1.165, 1.54) is 30.1 Å². The summed E-state index contributed by atoms with van der Waals surface area (Å²) < 4.78 is 0. The van der Waals surface area contributed by atoms with Crippen LogP contribution in [0, 0.1) is 11.3 Å². The highest BCUT2D eigenvalue weighted by atomic mass is 16.1. The minimum absolute atomic E-state index is 0.0885. The Balaban J connectivity index is 2.94. The van der Waals surface area contributed by atoms with Gasteiger partial charge in [0.05, 0.1) is 0 Å². The molecule has 106 valence electrons. The summed E-state index contributed by atoms with van der Waals surface area (Å²) in [6.07, 6.45) is 11.3. The van der Waals surface area contributed by atoms with Crippen LogP contribution in [0.15, 0.2) is 36.0 Å². The minimum atomic E-state index is 0.0885. The predicted molar refractivity (Wildman–Crippen MR) is 83.1 cm³/mol. The number of hydrogen-bond donors (Lipinski definition) is 0. The molecule has 1 heteroatoms. The first-order chi connectivity index (χ1) is 8.93. The van der Waals surface area contributed by atoms with Gasteiger partial charge in [-0.15, -0.1) is 0 Å². The molecule has 0 N–H and O–H groups in total. The maximum absolute atomic E-state index is 11.7. The largest absolute Gasteiger partial charge is 0.295 e. The molecule has 1 atom stereocenters. The van der Waals surface area contributed by atoms with Crippen LogP contribution in [0.3, 0.4) is 0 Å². The van der Waals surface area contributed by atoms with Gasteiger partial charge in [-0.25, -0.2) is 0 Å². The van der Waals surface area contributed by atoms with Crippen molar-refractivity contribution in [2.75, 3.05) is 0 Å². The van der Waals surface area contributed by atoms with Gasteiger partial charge in [0.2, 0.25) is 0 Å². The summed E-state index contributed by atoms with van der Waals surface area (Å²) in [6, 6.07) is 0. The zero-order chi connectivity index (χ0) is 14.5. The van der Waals surface area contributed by atoms with E-state index in [2.05, 4.69) is 46.4 Å². The number of rotatable bonds is 6. The Morgan fingerprint density at radius 1 is 1.47 bits per heavy atom. The maximum Gasteiger partial charge on any atom is 0.159 e. The van der Waals surface area contributed by atoms with Gasteiger partial charge < -0.3 is 0 Å². The van der Waals surface area contributed by atoms with Crippen molar-refractivity contribution >= 4 is 5.78 Å². The Hall–Kier alpha value is -1.11. The summed E-state index contributed by atoms with van der Waals surface area (Å²) in [5.74, 6) is 0.691. The van der Waals surface area contributed by atoms with Crippen LogP contribution in [0.5, 0.6) is 0 Å². The van der Waals surface area contributed by atoms with Crippen molar-refractivity contribution in [3.63, 3.8) is 0 Å². The first kappa shape index (κ1) is 15.9. The molecule has 0 radical (unpaired) electrons. The van der Waals surface area contributed by atoms with Crippen LogP contribution in [0.25, 0.3) is 0 Å². The lowest BCUT2D eigenvalue weighted by atomic mass is 9.64. The maximum atomic E-state index is 11.7. The van der Waals surface area contributed by atoms with E-state index in [-0.39, 0.29) is 11.2 Å². The molecule has 0 aromatic carbocycles. The first-order valence-electron chi connectivity index (χ1n) is 7.44. The van der Waals surface area contributed by atoms with Gasteiger partial charge in [-0.3, -0.25) is 4.79 Å². The summed E-state index contributed by atoms with van der Waals surface area (Å²) in [4.78, 5) is 11.7. The standard InChI is InChI=1S/C18H28O/c1-6-8-9-10-15-12-11-14(3)17(18(15,4)5)13-16(19)7-2/h7,9-10,15H,2,6,8,11-13H2,1,3-5H3/b10-9-. The topological polar surface area (TPSA) is 17.1 Å². The van der Waals surface area contributed by atoms with Crippen LogP contribution >= 0.6 is 0 Å². The molecular weight excluding hydrogens is 232 g/mol. The number of hydrogen-bond acceptors (Lipinski definition) is 1. The monoisotopic (exact) mass is 260 g/mol. The molecule has 0 heterocycles. The third-order valence-corrected chi connectivity index (χ3v) is 4.45. The van der Waals surface area contributed by atoms with Crippen LogP contribution in [0.4, 0.5) is 0 Å². The highest BCUT2D eigenvalue weighted by molar-refractivity contribution is 5.91. The Labute approximate surface area is 118 Å². The molecule has 1 aliphatic carbocycles. The lowest BCUT2D eigenvalue weighted by Gasteiger charge is -2.40. The first-order valence-corrected chi connectivity index (χ1v) is 7.44. The summed E-state index contributed by atoms with van der Waals surface area (Å²) >= 11 is 0.